The molecule has 1 aromatic carbocycles. The largest absolute Gasteiger partial charge is 0.493 e. The first-order valence-corrected chi connectivity index (χ1v) is 9.00. The maximum absolute atomic E-state index is 12.7. The molecule has 0 unspecified atom stereocenters. The molecule has 6 heteroatoms. The second-order valence-electron chi connectivity index (χ2n) is 6.04. The summed E-state index contributed by atoms with van der Waals surface area (Å²) < 4.78 is 13.8. The van der Waals surface area contributed by atoms with Crippen LogP contribution in [-0.4, -0.2) is 24.7 Å². The summed E-state index contributed by atoms with van der Waals surface area (Å²) in [6.07, 6.45) is 0. The van der Waals surface area contributed by atoms with Crippen molar-refractivity contribution in [1.29, 1.82) is 0 Å². The van der Waals surface area contributed by atoms with Crippen molar-refractivity contribution in [3.05, 3.63) is 47.0 Å². The lowest BCUT2D eigenvalue weighted by atomic mass is 10.2. The highest BCUT2D eigenvalue weighted by Gasteiger charge is 2.18. The predicted molar refractivity (Wildman–Crippen MR) is 101 cm³/mol. The van der Waals surface area contributed by atoms with Crippen LogP contribution in [0.15, 0.2) is 35.7 Å². The van der Waals surface area contributed by atoms with Gasteiger partial charge < -0.3 is 19.4 Å². The predicted octanol–water partition coefficient (Wildman–Crippen LogP) is 4.23. The van der Waals surface area contributed by atoms with Gasteiger partial charge >= 0.3 is 0 Å². The van der Waals surface area contributed by atoms with Crippen LogP contribution >= 0.6 is 11.3 Å². The fraction of sp³-hybridized carbons (Fsp3) is 0.316. The molecule has 5 nitrogen and oxygen atoms in total. The van der Waals surface area contributed by atoms with Crippen LogP contribution in [-0.2, 0) is 6.54 Å². The lowest BCUT2D eigenvalue weighted by Gasteiger charge is -2.14. The van der Waals surface area contributed by atoms with Gasteiger partial charge in [0.25, 0.3) is 5.91 Å². The Labute approximate surface area is 151 Å². The molecule has 0 bridgehead atoms. The van der Waals surface area contributed by atoms with Gasteiger partial charge in [0, 0.05) is 12.6 Å². The van der Waals surface area contributed by atoms with E-state index in [9.17, 15) is 4.79 Å². The SMILES string of the molecule is COc1ccc(CNC(=O)c2cc3sccc3n2C(C)C)cc1OC. The van der Waals surface area contributed by atoms with Crippen molar-refractivity contribution in [2.24, 2.45) is 0 Å². The molecule has 2 aromatic heterocycles. The minimum Gasteiger partial charge on any atom is -0.493 e. The standard InChI is InChI=1S/C19H22N2O3S/c1-12(2)21-14-7-8-25-18(14)10-15(21)19(22)20-11-13-5-6-16(23-3)17(9-13)24-4/h5-10,12H,11H2,1-4H3,(H,20,22). The summed E-state index contributed by atoms with van der Waals surface area (Å²) in [5.74, 6) is 1.25. The van der Waals surface area contributed by atoms with Crippen molar-refractivity contribution in [3.8, 4) is 11.5 Å². The number of rotatable bonds is 6. The fourth-order valence-corrected chi connectivity index (χ4v) is 3.75. The van der Waals surface area contributed by atoms with Crippen molar-refractivity contribution in [2.75, 3.05) is 14.2 Å². The number of amides is 1. The fourth-order valence-electron chi connectivity index (χ4n) is 2.94. The molecule has 0 fully saturated rings. The van der Waals surface area contributed by atoms with E-state index in [-0.39, 0.29) is 11.9 Å². The molecule has 1 amide bonds. The van der Waals surface area contributed by atoms with Crippen LogP contribution in [0.3, 0.4) is 0 Å². The summed E-state index contributed by atoms with van der Waals surface area (Å²) in [7, 11) is 3.20. The van der Waals surface area contributed by atoms with Crippen LogP contribution in [0.2, 0.25) is 0 Å². The third-order valence-corrected chi connectivity index (χ3v) is 4.96. The Hall–Kier alpha value is -2.47. The maximum Gasteiger partial charge on any atom is 0.268 e. The number of carbonyl (C=O) groups is 1. The zero-order chi connectivity index (χ0) is 18.0. The Bertz CT molecular complexity index is 895. The average molecular weight is 358 g/mol. The normalized spacial score (nSPS) is 11.1. The highest BCUT2D eigenvalue weighted by Crippen LogP contribution is 2.29. The molecule has 0 saturated heterocycles. The Morgan fingerprint density at radius 2 is 1.92 bits per heavy atom. The van der Waals surface area contributed by atoms with Gasteiger partial charge in [-0.15, -0.1) is 11.3 Å². The third-order valence-electron chi connectivity index (χ3n) is 4.11. The molecular formula is C19H22N2O3S. The first-order valence-electron chi connectivity index (χ1n) is 8.12. The van der Waals surface area contributed by atoms with Gasteiger partial charge in [0.1, 0.15) is 5.69 Å². The van der Waals surface area contributed by atoms with E-state index in [0.29, 0.717) is 23.7 Å². The molecule has 0 aliphatic heterocycles. The minimum absolute atomic E-state index is 0.0770. The Kier molecular flexibility index (Phi) is 4.99. The zero-order valence-electron chi connectivity index (χ0n) is 14.8. The maximum atomic E-state index is 12.7. The van der Waals surface area contributed by atoms with E-state index in [1.165, 1.54) is 0 Å². The van der Waals surface area contributed by atoms with E-state index in [4.69, 9.17) is 9.47 Å². The third kappa shape index (κ3) is 3.35. The lowest BCUT2D eigenvalue weighted by molar-refractivity contribution is 0.0940. The van der Waals surface area contributed by atoms with Gasteiger partial charge in [0.05, 0.1) is 24.4 Å². The van der Waals surface area contributed by atoms with Crippen molar-refractivity contribution in [1.82, 2.24) is 9.88 Å². The first kappa shape index (κ1) is 17.4. The first-order chi connectivity index (χ1) is 12.0. The topological polar surface area (TPSA) is 52.5 Å². The van der Waals surface area contributed by atoms with Gasteiger partial charge in [-0.1, -0.05) is 6.07 Å². The molecule has 2 heterocycles. The number of hydrogen-bond acceptors (Lipinski definition) is 4. The number of nitrogens with one attached hydrogen (secondary N) is 1. The summed E-state index contributed by atoms with van der Waals surface area (Å²) in [6.45, 7) is 4.60. The Morgan fingerprint density at radius 3 is 2.60 bits per heavy atom. The molecule has 0 aliphatic carbocycles. The van der Waals surface area contributed by atoms with Gasteiger partial charge in [-0.3, -0.25) is 4.79 Å². The number of aromatic nitrogens is 1. The molecule has 0 radical (unpaired) electrons. The zero-order valence-corrected chi connectivity index (χ0v) is 15.6. The molecule has 0 saturated carbocycles. The van der Waals surface area contributed by atoms with E-state index < -0.39 is 0 Å². The number of methoxy groups -OCH3 is 2. The van der Waals surface area contributed by atoms with Gasteiger partial charge in [-0.05, 0) is 49.1 Å². The summed E-state index contributed by atoms with van der Waals surface area (Å²) >= 11 is 1.65. The van der Waals surface area contributed by atoms with Crippen LogP contribution in [0, 0.1) is 0 Å². The quantitative estimate of drug-likeness (QED) is 0.717. The Morgan fingerprint density at radius 1 is 1.16 bits per heavy atom. The van der Waals surface area contributed by atoms with Gasteiger partial charge in [0.2, 0.25) is 0 Å². The molecule has 0 spiro atoms. The van der Waals surface area contributed by atoms with Gasteiger partial charge in [0.15, 0.2) is 11.5 Å². The monoisotopic (exact) mass is 358 g/mol. The van der Waals surface area contributed by atoms with Crippen LogP contribution < -0.4 is 14.8 Å². The average Bonchev–Trinajstić information content (AvgIpc) is 3.19. The van der Waals surface area contributed by atoms with Crippen LogP contribution in [0.25, 0.3) is 10.2 Å². The van der Waals surface area contributed by atoms with E-state index in [2.05, 4.69) is 35.2 Å². The van der Waals surface area contributed by atoms with E-state index in [1.54, 1.807) is 25.6 Å². The molecule has 3 rings (SSSR count). The summed E-state index contributed by atoms with van der Waals surface area (Å²) in [4.78, 5) is 12.7. The van der Waals surface area contributed by atoms with Crippen molar-refractivity contribution in [2.45, 2.75) is 26.4 Å². The summed E-state index contributed by atoms with van der Waals surface area (Å²) in [6, 6.07) is 9.87. The molecule has 0 aliphatic rings. The summed E-state index contributed by atoms with van der Waals surface area (Å²) in [5, 5.41) is 5.05. The van der Waals surface area contributed by atoms with Crippen molar-refractivity contribution >= 4 is 27.5 Å². The van der Waals surface area contributed by atoms with Crippen LogP contribution in [0.4, 0.5) is 0 Å². The molecular weight excluding hydrogens is 336 g/mol. The summed E-state index contributed by atoms with van der Waals surface area (Å²) in [5.41, 5.74) is 2.75. The minimum atomic E-state index is -0.0770. The number of carbonyl (C=O) groups excluding carboxylic acids is 1. The number of nitrogens with zero attached hydrogens (tertiary/aromatic N) is 1. The number of thiophene rings is 1. The number of ether oxygens (including phenoxy) is 2. The van der Waals surface area contributed by atoms with Crippen LogP contribution in [0.1, 0.15) is 35.9 Å². The number of fused-ring (bicyclic) bond motifs is 1. The van der Waals surface area contributed by atoms with E-state index in [1.807, 2.05) is 24.3 Å². The smallest absolute Gasteiger partial charge is 0.268 e. The lowest BCUT2D eigenvalue weighted by Crippen LogP contribution is -2.26. The van der Waals surface area contributed by atoms with E-state index >= 15 is 0 Å². The van der Waals surface area contributed by atoms with Crippen molar-refractivity contribution in [3.63, 3.8) is 0 Å². The van der Waals surface area contributed by atoms with Crippen LogP contribution in [0.5, 0.6) is 11.5 Å². The van der Waals surface area contributed by atoms with Gasteiger partial charge in [-0.2, -0.15) is 0 Å². The number of hydrogen-bond donors (Lipinski definition) is 1. The molecule has 0 atom stereocenters. The molecule has 25 heavy (non-hydrogen) atoms. The van der Waals surface area contributed by atoms with E-state index in [0.717, 1.165) is 15.8 Å². The second kappa shape index (κ2) is 7.19. The number of benzene rings is 1. The molecule has 3 aromatic rings. The van der Waals surface area contributed by atoms with Crippen molar-refractivity contribution < 1.29 is 14.3 Å². The highest BCUT2D eigenvalue weighted by atomic mass is 32.1. The van der Waals surface area contributed by atoms with Gasteiger partial charge in [-0.25, -0.2) is 0 Å². The highest BCUT2D eigenvalue weighted by molar-refractivity contribution is 7.17. The molecule has 132 valence electrons. The molecule has 1 N–H and O–H groups in total. The Balaban J connectivity index is 1.79. The second-order valence-corrected chi connectivity index (χ2v) is 6.98.